The second-order valence-corrected chi connectivity index (χ2v) is 19.7. The Balaban J connectivity index is 1.26. The van der Waals surface area contributed by atoms with Crippen LogP contribution in [0, 0.1) is 17.3 Å². The van der Waals surface area contributed by atoms with Crippen molar-refractivity contribution in [2.24, 2.45) is 17.3 Å². The molecule has 316 valence electrons. The van der Waals surface area contributed by atoms with E-state index in [1.165, 1.54) is 19.1 Å². The summed E-state index contributed by atoms with van der Waals surface area (Å²) >= 11 is 0. The summed E-state index contributed by atoms with van der Waals surface area (Å²) < 4.78 is 99.3. The number of amides is 4. The topological polar surface area (TPSA) is 186 Å². The summed E-state index contributed by atoms with van der Waals surface area (Å²) in [5, 5.41) is 5.19. The third kappa shape index (κ3) is 8.12. The lowest BCUT2D eigenvalue weighted by molar-refractivity contribution is -0.145. The molecule has 2 aromatic rings. The van der Waals surface area contributed by atoms with E-state index in [0.29, 0.717) is 18.9 Å². The Morgan fingerprint density at radius 1 is 1.07 bits per heavy atom. The van der Waals surface area contributed by atoms with Crippen molar-refractivity contribution >= 4 is 44.7 Å². The molecule has 1 saturated heterocycles. The zero-order valence-electron chi connectivity index (χ0n) is 32.6. The number of halogens is 4. The van der Waals surface area contributed by atoms with Crippen LogP contribution in [0.2, 0.25) is 0 Å². The number of hydrogen-bond donors (Lipinski definition) is 3. The van der Waals surface area contributed by atoms with Crippen molar-refractivity contribution in [2.45, 2.75) is 126 Å². The molecule has 3 heterocycles. The molecule has 1 aromatic carbocycles. The van der Waals surface area contributed by atoms with E-state index in [1.54, 1.807) is 32.9 Å². The number of hydrogen-bond acceptors (Lipinski definition) is 10. The standard InChI is InChI=1S/C39H48F4N6O8S/c1-36(2,3)30-34(52)49-20-22(18-26(49)32(51)47-38(19-23(38)31(40)41)35(53)48-58(54,55)37(4)14-15-37)57-33-29(44-24-10-5-6-11-25(24)45-33)39(42,43)13-8-16-56-27-12-7-9-21(27)17-28(50)46-30/h5-6,8,10-11,13,21-23,26-27,30-31H,7,9,12,14-20H2,1-4H3,(H,46,50)(H,47,51)(H,48,53)/b13-8+/t21-,22+,23-,26-,27+,30+,38+/m0/s1. The van der Waals surface area contributed by atoms with Crippen LogP contribution in [0.4, 0.5) is 17.6 Å². The van der Waals surface area contributed by atoms with Crippen LogP contribution in [-0.2, 0) is 39.9 Å². The Bertz CT molecular complexity index is 2130. The fourth-order valence-corrected chi connectivity index (χ4v) is 9.45. The Labute approximate surface area is 333 Å². The highest BCUT2D eigenvalue weighted by molar-refractivity contribution is 7.91. The van der Waals surface area contributed by atoms with Gasteiger partial charge in [-0.25, -0.2) is 27.2 Å². The molecule has 7 atom stereocenters. The SMILES string of the molecule is CC(C)(C)[C@@H]1NC(=O)C[C@@H]2CCC[C@H]2OC/C=C/C(F)(F)c2nc3ccccc3nc2O[C@@H]2C[C@@H](C(=O)N[C@]3(C(=O)NS(=O)(=O)C4(C)CC4)C[C@H]3C(F)F)N(C2)C1=O. The number of aromatic nitrogens is 2. The van der Waals surface area contributed by atoms with Gasteiger partial charge in [0.1, 0.15) is 23.7 Å². The molecule has 0 radical (unpaired) electrons. The van der Waals surface area contributed by atoms with Gasteiger partial charge in [-0.15, -0.1) is 0 Å². The summed E-state index contributed by atoms with van der Waals surface area (Å²) in [4.78, 5) is 65.7. The normalized spacial score (nSPS) is 31.6. The third-order valence-electron chi connectivity index (χ3n) is 12.1. The number of carbonyl (C=O) groups excluding carboxylic acids is 4. The molecule has 1 aromatic heterocycles. The minimum Gasteiger partial charge on any atom is -0.471 e. The monoisotopic (exact) mass is 836 g/mol. The quantitative estimate of drug-likeness (QED) is 0.285. The predicted molar refractivity (Wildman–Crippen MR) is 200 cm³/mol. The summed E-state index contributed by atoms with van der Waals surface area (Å²) in [5.41, 5.74) is -3.76. The number of alkyl halides is 4. The first-order valence-electron chi connectivity index (χ1n) is 19.5. The van der Waals surface area contributed by atoms with E-state index >= 15 is 8.78 Å². The molecular formula is C39H48F4N6O8S. The van der Waals surface area contributed by atoms with Gasteiger partial charge in [-0.2, -0.15) is 8.78 Å². The van der Waals surface area contributed by atoms with E-state index in [1.807, 2.05) is 4.72 Å². The van der Waals surface area contributed by atoms with E-state index in [-0.39, 0.29) is 49.2 Å². The molecule has 0 spiro atoms. The largest absolute Gasteiger partial charge is 0.471 e. The van der Waals surface area contributed by atoms with Gasteiger partial charge in [0.05, 0.1) is 41.0 Å². The zero-order valence-corrected chi connectivity index (χ0v) is 33.4. The first-order valence-corrected chi connectivity index (χ1v) is 21.0. The second kappa shape index (κ2) is 15.0. The summed E-state index contributed by atoms with van der Waals surface area (Å²) in [7, 11) is -4.29. The molecule has 4 fully saturated rings. The van der Waals surface area contributed by atoms with Gasteiger partial charge in [-0.1, -0.05) is 45.4 Å². The van der Waals surface area contributed by atoms with Gasteiger partial charge in [0.15, 0.2) is 5.69 Å². The second-order valence-electron chi connectivity index (χ2n) is 17.5. The summed E-state index contributed by atoms with van der Waals surface area (Å²) in [5.74, 6) is -9.97. The highest BCUT2D eigenvalue weighted by Gasteiger charge is 2.67. The first kappa shape index (κ1) is 41.8. The van der Waals surface area contributed by atoms with Gasteiger partial charge >= 0.3 is 5.92 Å². The Morgan fingerprint density at radius 2 is 1.76 bits per heavy atom. The molecular weight excluding hydrogens is 789 g/mol. The number of rotatable bonds is 6. The Hall–Kier alpha value is -4.39. The first-order chi connectivity index (χ1) is 27.1. The molecule has 5 aliphatic rings. The lowest BCUT2D eigenvalue weighted by Crippen LogP contribution is -2.60. The average Bonchev–Trinajstić information content (AvgIpc) is 3.97. The van der Waals surface area contributed by atoms with Crippen LogP contribution >= 0.6 is 0 Å². The van der Waals surface area contributed by atoms with Crippen molar-refractivity contribution in [3.05, 3.63) is 42.1 Å². The van der Waals surface area contributed by atoms with Gasteiger partial charge in [0, 0.05) is 12.8 Å². The maximum atomic E-state index is 16.1. The molecule has 3 N–H and O–H groups in total. The molecule has 2 aliphatic heterocycles. The fraction of sp³-hybridized carbons (Fsp3) is 0.641. The predicted octanol–water partition coefficient (Wildman–Crippen LogP) is 3.88. The Kier molecular flexibility index (Phi) is 10.8. The number of carbonyl (C=O) groups is 4. The van der Waals surface area contributed by atoms with E-state index in [0.717, 1.165) is 17.4 Å². The van der Waals surface area contributed by atoms with Crippen molar-refractivity contribution < 1.29 is 54.6 Å². The number of ether oxygens (including phenoxy) is 2. The van der Waals surface area contributed by atoms with Gasteiger partial charge in [0.25, 0.3) is 5.91 Å². The van der Waals surface area contributed by atoms with Crippen LogP contribution in [0.3, 0.4) is 0 Å². The zero-order chi connectivity index (χ0) is 42.0. The van der Waals surface area contributed by atoms with Crippen LogP contribution in [-0.4, -0.2) is 101 Å². The van der Waals surface area contributed by atoms with E-state index in [9.17, 15) is 36.4 Å². The van der Waals surface area contributed by atoms with Crippen molar-refractivity contribution in [3.63, 3.8) is 0 Å². The molecule has 19 heteroatoms. The maximum absolute atomic E-state index is 16.1. The number of allylic oxidation sites excluding steroid dienone is 1. The minimum atomic E-state index is -4.29. The molecule has 14 nitrogen and oxygen atoms in total. The van der Waals surface area contributed by atoms with Gasteiger partial charge in [0.2, 0.25) is 40.1 Å². The number of nitrogens with zero attached hydrogens (tertiary/aromatic N) is 3. The lowest BCUT2D eigenvalue weighted by Gasteiger charge is -2.36. The van der Waals surface area contributed by atoms with E-state index < -0.39 is 116 Å². The minimum absolute atomic E-state index is 0.0231. The van der Waals surface area contributed by atoms with Crippen LogP contribution in [0.25, 0.3) is 11.0 Å². The average molecular weight is 837 g/mol. The van der Waals surface area contributed by atoms with Gasteiger partial charge < -0.3 is 25.0 Å². The smallest absolute Gasteiger partial charge is 0.313 e. The van der Waals surface area contributed by atoms with Crippen molar-refractivity contribution in [3.8, 4) is 5.88 Å². The molecule has 0 unspecified atom stereocenters. The summed E-state index contributed by atoms with van der Waals surface area (Å²) in [6.45, 7) is 5.92. The molecule has 4 amide bonds. The maximum Gasteiger partial charge on any atom is 0.313 e. The lowest BCUT2D eigenvalue weighted by atomic mass is 9.85. The van der Waals surface area contributed by atoms with Gasteiger partial charge in [-0.05, 0) is 68.6 Å². The number of fused-ring (bicyclic) bond motifs is 5. The van der Waals surface area contributed by atoms with Crippen molar-refractivity contribution in [2.75, 3.05) is 13.2 Å². The molecule has 3 saturated carbocycles. The highest BCUT2D eigenvalue weighted by atomic mass is 32.2. The number of nitrogens with one attached hydrogen (secondary N) is 3. The Morgan fingerprint density at radius 3 is 2.40 bits per heavy atom. The van der Waals surface area contributed by atoms with Crippen LogP contribution < -0.4 is 20.1 Å². The molecule has 2 bridgehead atoms. The highest BCUT2D eigenvalue weighted by Crippen LogP contribution is 2.49. The van der Waals surface area contributed by atoms with Crippen LogP contribution in [0.15, 0.2) is 36.4 Å². The van der Waals surface area contributed by atoms with Crippen LogP contribution in [0.1, 0.15) is 84.8 Å². The number of para-hydroxylation sites is 2. The molecule has 58 heavy (non-hydrogen) atoms. The fourth-order valence-electron chi connectivity index (χ4n) is 8.14. The summed E-state index contributed by atoms with van der Waals surface area (Å²) in [6, 6.07) is 3.48. The number of sulfonamides is 1. The van der Waals surface area contributed by atoms with Gasteiger partial charge in [-0.3, -0.25) is 23.9 Å². The van der Waals surface area contributed by atoms with Crippen molar-refractivity contribution in [1.29, 1.82) is 0 Å². The van der Waals surface area contributed by atoms with Crippen LogP contribution in [0.5, 0.6) is 5.88 Å². The number of benzene rings is 1. The third-order valence-corrected chi connectivity index (χ3v) is 14.2. The molecule has 3 aliphatic carbocycles. The molecule has 7 rings (SSSR count). The summed E-state index contributed by atoms with van der Waals surface area (Å²) in [6.07, 6.45) is -1.49. The van der Waals surface area contributed by atoms with E-state index in [2.05, 4.69) is 20.6 Å². The van der Waals surface area contributed by atoms with E-state index in [4.69, 9.17) is 9.47 Å². The van der Waals surface area contributed by atoms with Crippen molar-refractivity contribution in [1.82, 2.24) is 30.2 Å².